The molecule has 17 heavy (non-hydrogen) atoms. The van der Waals surface area contributed by atoms with E-state index in [1.807, 2.05) is 6.07 Å². The van der Waals surface area contributed by atoms with Gasteiger partial charge in [0, 0.05) is 12.0 Å². The second-order valence-electron chi connectivity index (χ2n) is 3.35. The van der Waals surface area contributed by atoms with E-state index in [-0.39, 0.29) is 24.5 Å². The molecule has 0 aliphatic rings. The van der Waals surface area contributed by atoms with E-state index in [1.165, 1.54) is 6.92 Å². The molecule has 0 saturated carbocycles. The van der Waals surface area contributed by atoms with Crippen LogP contribution in [0.25, 0.3) is 0 Å². The number of aliphatic carboxylic acids is 1. The van der Waals surface area contributed by atoms with Crippen LogP contribution in [0.15, 0.2) is 35.5 Å². The standard InChI is InChI=1S/C12H13NO4/c1-9(12(15)16)13-17-8-7-11(14)10-5-3-2-4-6-10/h2-6H,7-8H2,1H3,(H,15,16)/b13-9+. The molecule has 0 heterocycles. The molecule has 90 valence electrons. The summed E-state index contributed by atoms with van der Waals surface area (Å²) in [7, 11) is 0. The van der Waals surface area contributed by atoms with Gasteiger partial charge in [-0.3, -0.25) is 4.79 Å². The average molecular weight is 235 g/mol. The van der Waals surface area contributed by atoms with Gasteiger partial charge in [-0.05, 0) is 6.92 Å². The fourth-order valence-corrected chi connectivity index (χ4v) is 1.09. The molecular formula is C12H13NO4. The molecule has 0 aliphatic heterocycles. The molecule has 0 amide bonds. The second kappa shape index (κ2) is 6.42. The Bertz CT molecular complexity index is 425. The lowest BCUT2D eigenvalue weighted by Crippen LogP contribution is -2.09. The molecule has 1 rings (SSSR count). The number of benzene rings is 1. The quantitative estimate of drug-likeness (QED) is 0.352. The Morgan fingerprint density at radius 1 is 1.29 bits per heavy atom. The van der Waals surface area contributed by atoms with Gasteiger partial charge in [-0.1, -0.05) is 35.5 Å². The highest BCUT2D eigenvalue weighted by molar-refractivity contribution is 6.34. The Labute approximate surface area is 98.7 Å². The fourth-order valence-electron chi connectivity index (χ4n) is 1.09. The molecule has 0 spiro atoms. The normalized spacial score (nSPS) is 11.0. The fraction of sp³-hybridized carbons (Fsp3) is 0.250. The number of Topliss-reactive ketones (excluding diaryl/α,β-unsaturated/α-hetero) is 1. The molecule has 0 saturated heterocycles. The van der Waals surface area contributed by atoms with Gasteiger partial charge in [0.05, 0.1) is 0 Å². The molecule has 0 fully saturated rings. The van der Waals surface area contributed by atoms with Gasteiger partial charge in [0.1, 0.15) is 6.61 Å². The number of oxime groups is 1. The van der Waals surface area contributed by atoms with Gasteiger partial charge >= 0.3 is 5.97 Å². The molecule has 0 aromatic heterocycles. The van der Waals surface area contributed by atoms with E-state index in [4.69, 9.17) is 9.94 Å². The van der Waals surface area contributed by atoms with Crippen molar-refractivity contribution in [1.82, 2.24) is 0 Å². The third kappa shape index (κ3) is 4.46. The molecule has 0 radical (unpaired) electrons. The average Bonchev–Trinajstić information content (AvgIpc) is 2.35. The molecule has 5 nitrogen and oxygen atoms in total. The van der Waals surface area contributed by atoms with Gasteiger partial charge < -0.3 is 9.94 Å². The summed E-state index contributed by atoms with van der Waals surface area (Å²) >= 11 is 0. The SMILES string of the molecule is C/C(=N\OCCC(=O)c1ccccc1)C(=O)O. The smallest absolute Gasteiger partial charge is 0.353 e. The van der Waals surface area contributed by atoms with Gasteiger partial charge in [-0.25, -0.2) is 4.79 Å². The van der Waals surface area contributed by atoms with E-state index in [0.717, 1.165) is 0 Å². The molecule has 5 heteroatoms. The van der Waals surface area contributed by atoms with Crippen LogP contribution < -0.4 is 0 Å². The first-order chi connectivity index (χ1) is 8.11. The first-order valence-electron chi connectivity index (χ1n) is 5.09. The summed E-state index contributed by atoms with van der Waals surface area (Å²) in [4.78, 5) is 26.7. The Kier molecular flexibility index (Phi) is 4.87. The van der Waals surface area contributed by atoms with Gasteiger partial charge in [0.25, 0.3) is 0 Å². The summed E-state index contributed by atoms with van der Waals surface area (Å²) in [5.41, 5.74) is 0.465. The molecule has 0 atom stereocenters. The number of ketones is 1. The van der Waals surface area contributed by atoms with E-state index in [2.05, 4.69) is 5.16 Å². The van der Waals surface area contributed by atoms with Crippen LogP contribution in [-0.2, 0) is 9.63 Å². The summed E-state index contributed by atoms with van der Waals surface area (Å²) in [6.45, 7) is 1.39. The first-order valence-corrected chi connectivity index (χ1v) is 5.09. The van der Waals surface area contributed by atoms with Crippen molar-refractivity contribution in [2.75, 3.05) is 6.61 Å². The lowest BCUT2D eigenvalue weighted by atomic mass is 10.1. The zero-order valence-electron chi connectivity index (χ0n) is 9.42. The summed E-state index contributed by atoms with van der Waals surface area (Å²) in [6, 6.07) is 8.82. The van der Waals surface area contributed by atoms with Gasteiger partial charge in [0.15, 0.2) is 11.5 Å². The molecule has 1 aromatic carbocycles. The largest absolute Gasteiger partial charge is 0.477 e. The van der Waals surface area contributed by atoms with Crippen LogP contribution in [0.5, 0.6) is 0 Å². The monoisotopic (exact) mass is 235 g/mol. The zero-order chi connectivity index (χ0) is 12.7. The Balaban J connectivity index is 2.35. The summed E-state index contributed by atoms with van der Waals surface area (Å²) in [5, 5.41) is 11.8. The molecule has 1 aromatic rings. The van der Waals surface area contributed by atoms with E-state index in [1.54, 1.807) is 24.3 Å². The van der Waals surface area contributed by atoms with Crippen molar-refractivity contribution in [2.24, 2.45) is 5.16 Å². The van der Waals surface area contributed by atoms with Crippen LogP contribution in [0.1, 0.15) is 23.7 Å². The van der Waals surface area contributed by atoms with E-state index in [9.17, 15) is 9.59 Å². The highest BCUT2D eigenvalue weighted by Gasteiger charge is 2.05. The number of hydrogen-bond acceptors (Lipinski definition) is 4. The Hall–Kier alpha value is -2.17. The van der Waals surface area contributed by atoms with Crippen LogP contribution in [-0.4, -0.2) is 29.2 Å². The van der Waals surface area contributed by atoms with Gasteiger partial charge in [0.2, 0.25) is 0 Å². The summed E-state index contributed by atoms with van der Waals surface area (Å²) in [6.07, 6.45) is 0.167. The van der Waals surface area contributed by atoms with Gasteiger partial charge in [-0.15, -0.1) is 0 Å². The van der Waals surface area contributed by atoms with E-state index < -0.39 is 5.97 Å². The van der Waals surface area contributed by atoms with Crippen molar-refractivity contribution in [2.45, 2.75) is 13.3 Å². The van der Waals surface area contributed by atoms with Gasteiger partial charge in [-0.2, -0.15) is 0 Å². The predicted molar refractivity (Wildman–Crippen MR) is 62.1 cm³/mol. The molecule has 0 bridgehead atoms. The van der Waals surface area contributed by atoms with Crippen LogP contribution >= 0.6 is 0 Å². The minimum Gasteiger partial charge on any atom is -0.477 e. The van der Waals surface area contributed by atoms with Crippen LogP contribution in [0, 0.1) is 0 Å². The number of carboxylic acid groups (broad SMARTS) is 1. The number of rotatable bonds is 6. The number of carbonyl (C=O) groups excluding carboxylic acids is 1. The molecular weight excluding hydrogens is 222 g/mol. The first kappa shape index (κ1) is 12.9. The maximum absolute atomic E-state index is 11.6. The third-order valence-electron chi connectivity index (χ3n) is 2.03. The number of carboxylic acids is 1. The van der Waals surface area contributed by atoms with Crippen LogP contribution in [0.2, 0.25) is 0 Å². The topological polar surface area (TPSA) is 76.0 Å². The van der Waals surface area contributed by atoms with Crippen molar-refractivity contribution in [1.29, 1.82) is 0 Å². The minimum atomic E-state index is -1.14. The van der Waals surface area contributed by atoms with Crippen molar-refractivity contribution >= 4 is 17.5 Å². The zero-order valence-corrected chi connectivity index (χ0v) is 9.42. The highest BCUT2D eigenvalue weighted by Crippen LogP contribution is 2.02. The number of hydrogen-bond donors (Lipinski definition) is 1. The van der Waals surface area contributed by atoms with Crippen LogP contribution in [0.3, 0.4) is 0 Å². The van der Waals surface area contributed by atoms with E-state index >= 15 is 0 Å². The van der Waals surface area contributed by atoms with Crippen molar-refractivity contribution in [3.8, 4) is 0 Å². The maximum atomic E-state index is 11.6. The Morgan fingerprint density at radius 3 is 2.53 bits per heavy atom. The summed E-state index contributed by atoms with van der Waals surface area (Å²) in [5.74, 6) is -1.20. The number of carbonyl (C=O) groups is 2. The molecule has 1 N–H and O–H groups in total. The Morgan fingerprint density at radius 2 is 1.94 bits per heavy atom. The van der Waals surface area contributed by atoms with Crippen molar-refractivity contribution < 1.29 is 19.5 Å². The molecule has 0 aliphatic carbocycles. The molecule has 0 unspecified atom stereocenters. The lowest BCUT2D eigenvalue weighted by Gasteiger charge is -2.00. The minimum absolute atomic E-state index is 0.0613. The summed E-state index contributed by atoms with van der Waals surface area (Å²) < 4.78 is 0. The third-order valence-corrected chi connectivity index (χ3v) is 2.03. The van der Waals surface area contributed by atoms with Crippen molar-refractivity contribution in [3.63, 3.8) is 0 Å². The second-order valence-corrected chi connectivity index (χ2v) is 3.35. The highest BCUT2D eigenvalue weighted by atomic mass is 16.6. The van der Waals surface area contributed by atoms with Crippen LogP contribution in [0.4, 0.5) is 0 Å². The van der Waals surface area contributed by atoms with E-state index in [0.29, 0.717) is 5.56 Å². The number of nitrogens with zero attached hydrogens (tertiary/aromatic N) is 1. The maximum Gasteiger partial charge on any atom is 0.353 e. The lowest BCUT2D eigenvalue weighted by molar-refractivity contribution is -0.129. The predicted octanol–water partition coefficient (Wildman–Crippen LogP) is 1.74. The van der Waals surface area contributed by atoms with Crippen molar-refractivity contribution in [3.05, 3.63) is 35.9 Å².